The van der Waals surface area contributed by atoms with E-state index in [4.69, 9.17) is 0 Å². The molecule has 0 rings (SSSR count). The van der Waals surface area contributed by atoms with Crippen LogP contribution in [0.25, 0.3) is 0 Å². The second-order valence-corrected chi connectivity index (χ2v) is 10.2. The van der Waals surface area contributed by atoms with Gasteiger partial charge in [0.15, 0.2) is 0 Å². The van der Waals surface area contributed by atoms with E-state index in [9.17, 15) is 0 Å². The van der Waals surface area contributed by atoms with Crippen LogP contribution in [-0.4, -0.2) is 0 Å². The second-order valence-electron chi connectivity index (χ2n) is 10.2. The molecule has 0 amide bonds. The summed E-state index contributed by atoms with van der Waals surface area (Å²) in [6.07, 6.45) is 36.0. The summed E-state index contributed by atoms with van der Waals surface area (Å²) in [7, 11) is 0. The third-order valence-electron chi connectivity index (χ3n) is 7.01. The molecule has 0 aliphatic heterocycles. The number of hydrogen-bond acceptors (Lipinski definition) is 0. The molecule has 0 heteroatoms. The van der Waals surface area contributed by atoms with Crippen LogP contribution < -0.4 is 0 Å². The van der Waals surface area contributed by atoms with Crippen LogP contribution >= 0.6 is 0 Å². The van der Waals surface area contributed by atoms with Crippen LogP contribution in [0.15, 0.2) is 0 Å². The first-order chi connectivity index (χ1) is 14.8. The maximum absolute atomic E-state index is 2.88. The van der Waals surface area contributed by atoms with Crippen LogP contribution in [0.3, 0.4) is 0 Å². The molecule has 30 heavy (non-hydrogen) atoms. The summed E-state index contributed by atoms with van der Waals surface area (Å²) in [6.45, 7) is 9.33. The summed E-state index contributed by atoms with van der Waals surface area (Å²) in [5.74, 6) is 1.80. The van der Waals surface area contributed by atoms with Crippen molar-refractivity contribution in [2.24, 2.45) is 11.8 Å². The standard InChI is InChI=1S/C30H61/c1-5-9-13-16-19-23-27-30(26-22-18-15-11-7-3)28-29(24-20-12-8-4)25-21-17-14-10-6-2/h28-30H,5-27H2,1-4H3. The fraction of sp³-hybridized carbons (Fsp3) is 0.967. The number of rotatable bonds is 25. The van der Waals surface area contributed by atoms with Gasteiger partial charge in [0.25, 0.3) is 0 Å². The fourth-order valence-corrected chi connectivity index (χ4v) is 4.92. The number of hydrogen-bond donors (Lipinski definition) is 0. The van der Waals surface area contributed by atoms with Crippen LogP contribution in [0.4, 0.5) is 0 Å². The van der Waals surface area contributed by atoms with E-state index in [1.165, 1.54) is 148 Å². The summed E-state index contributed by atoms with van der Waals surface area (Å²) < 4.78 is 0. The van der Waals surface area contributed by atoms with Gasteiger partial charge in [-0.2, -0.15) is 0 Å². The zero-order chi connectivity index (χ0) is 22.1. The zero-order valence-corrected chi connectivity index (χ0v) is 22.0. The molecule has 0 saturated heterocycles. The molecular formula is C30H61. The van der Waals surface area contributed by atoms with Gasteiger partial charge in [-0.1, -0.05) is 175 Å². The van der Waals surface area contributed by atoms with Crippen LogP contribution in [-0.2, 0) is 0 Å². The Balaban J connectivity index is 4.44. The van der Waals surface area contributed by atoms with Crippen LogP contribution in [0.2, 0.25) is 0 Å². The molecule has 2 atom stereocenters. The van der Waals surface area contributed by atoms with Crippen molar-refractivity contribution < 1.29 is 0 Å². The summed E-state index contributed by atoms with van der Waals surface area (Å²) in [5, 5.41) is 0. The Kier molecular flexibility index (Phi) is 25.3. The maximum atomic E-state index is 2.88. The first-order valence-electron chi connectivity index (χ1n) is 14.6. The van der Waals surface area contributed by atoms with Crippen LogP contribution in [0, 0.1) is 18.3 Å². The Bertz CT molecular complexity index is 294. The van der Waals surface area contributed by atoms with E-state index in [0.29, 0.717) is 0 Å². The van der Waals surface area contributed by atoms with E-state index in [2.05, 4.69) is 34.1 Å². The van der Waals surface area contributed by atoms with Crippen molar-refractivity contribution in [1.29, 1.82) is 0 Å². The van der Waals surface area contributed by atoms with Gasteiger partial charge >= 0.3 is 0 Å². The smallest absolute Gasteiger partial charge is 0.0324 e. The van der Waals surface area contributed by atoms with E-state index in [1.807, 2.05) is 0 Å². The van der Waals surface area contributed by atoms with E-state index >= 15 is 0 Å². The van der Waals surface area contributed by atoms with Crippen molar-refractivity contribution in [1.82, 2.24) is 0 Å². The first kappa shape index (κ1) is 30.0. The van der Waals surface area contributed by atoms with Crippen molar-refractivity contribution in [3.05, 3.63) is 6.42 Å². The van der Waals surface area contributed by atoms with Gasteiger partial charge < -0.3 is 0 Å². The molecule has 0 bridgehead atoms. The van der Waals surface area contributed by atoms with Crippen molar-refractivity contribution in [3.8, 4) is 0 Å². The molecule has 0 aromatic heterocycles. The lowest BCUT2D eigenvalue weighted by molar-refractivity contribution is 0.365. The normalized spacial score (nSPS) is 13.6. The Morgan fingerprint density at radius 3 is 0.900 bits per heavy atom. The summed E-state index contributed by atoms with van der Waals surface area (Å²) in [5.41, 5.74) is 0. The van der Waals surface area contributed by atoms with Gasteiger partial charge in [-0.25, -0.2) is 0 Å². The van der Waals surface area contributed by atoms with Gasteiger partial charge in [0.2, 0.25) is 0 Å². The first-order valence-corrected chi connectivity index (χ1v) is 14.6. The van der Waals surface area contributed by atoms with Crippen LogP contribution in [0.1, 0.15) is 175 Å². The quantitative estimate of drug-likeness (QED) is 0.128. The van der Waals surface area contributed by atoms with Crippen molar-refractivity contribution in [2.45, 2.75) is 175 Å². The molecule has 0 aromatic rings. The average Bonchev–Trinajstić information content (AvgIpc) is 2.75. The molecule has 2 unspecified atom stereocenters. The molecule has 0 aliphatic rings. The largest absolute Gasteiger partial charge is 0.0654 e. The van der Waals surface area contributed by atoms with E-state index in [-0.39, 0.29) is 0 Å². The van der Waals surface area contributed by atoms with E-state index in [1.54, 1.807) is 0 Å². The molecule has 0 N–H and O–H groups in total. The highest BCUT2D eigenvalue weighted by Gasteiger charge is 2.17. The monoisotopic (exact) mass is 421 g/mol. The summed E-state index contributed by atoms with van der Waals surface area (Å²) in [6, 6.07) is 0. The molecule has 0 heterocycles. The molecule has 0 nitrogen and oxygen atoms in total. The highest BCUT2D eigenvalue weighted by Crippen LogP contribution is 2.30. The third-order valence-corrected chi connectivity index (χ3v) is 7.01. The molecule has 0 spiro atoms. The Labute approximate surface area is 193 Å². The molecular weight excluding hydrogens is 360 g/mol. The van der Waals surface area contributed by atoms with Gasteiger partial charge in [0, 0.05) is 0 Å². The van der Waals surface area contributed by atoms with Crippen molar-refractivity contribution in [3.63, 3.8) is 0 Å². The highest BCUT2D eigenvalue weighted by atomic mass is 14.2. The Morgan fingerprint density at radius 2 is 0.567 bits per heavy atom. The molecule has 0 saturated carbocycles. The van der Waals surface area contributed by atoms with Crippen molar-refractivity contribution >= 4 is 0 Å². The number of unbranched alkanes of at least 4 members (excludes halogenated alkanes) is 15. The predicted octanol–water partition coefficient (Wildman–Crippen LogP) is 11.5. The predicted molar refractivity (Wildman–Crippen MR) is 140 cm³/mol. The van der Waals surface area contributed by atoms with Gasteiger partial charge in [-0.15, -0.1) is 0 Å². The lowest BCUT2D eigenvalue weighted by atomic mass is 9.82. The lowest BCUT2D eigenvalue weighted by Gasteiger charge is -2.24. The van der Waals surface area contributed by atoms with Crippen LogP contribution in [0.5, 0.6) is 0 Å². The zero-order valence-electron chi connectivity index (χ0n) is 22.0. The van der Waals surface area contributed by atoms with Crippen molar-refractivity contribution in [2.75, 3.05) is 0 Å². The lowest BCUT2D eigenvalue weighted by Crippen LogP contribution is -2.11. The Morgan fingerprint density at radius 1 is 0.333 bits per heavy atom. The summed E-state index contributed by atoms with van der Waals surface area (Å²) in [4.78, 5) is 0. The average molecular weight is 422 g/mol. The fourth-order valence-electron chi connectivity index (χ4n) is 4.92. The third kappa shape index (κ3) is 21.2. The minimum absolute atomic E-state index is 0.902. The topological polar surface area (TPSA) is 0 Å². The van der Waals surface area contributed by atoms with Gasteiger partial charge in [0.1, 0.15) is 0 Å². The van der Waals surface area contributed by atoms with Gasteiger partial charge in [-0.3, -0.25) is 0 Å². The second kappa shape index (κ2) is 25.3. The molecule has 1 radical (unpaired) electrons. The molecule has 181 valence electrons. The van der Waals surface area contributed by atoms with Gasteiger partial charge in [0.05, 0.1) is 0 Å². The minimum Gasteiger partial charge on any atom is -0.0654 e. The highest BCUT2D eigenvalue weighted by molar-refractivity contribution is 4.84. The SMILES string of the molecule is CCCCCCCCC([CH]C(CCCCC)CCCCCCC)CCCCCCC. The van der Waals surface area contributed by atoms with E-state index < -0.39 is 0 Å². The maximum Gasteiger partial charge on any atom is -0.0324 e. The van der Waals surface area contributed by atoms with E-state index in [0.717, 1.165) is 11.8 Å². The minimum atomic E-state index is 0.902. The Hall–Kier alpha value is 0. The van der Waals surface area contributed by atoms with Gasteiger partial charge in [-0.05, 0) is 18.3 Å². The molecule has 0 fully saturated rings. The molecule has 0 aromatic carbocycles. The summed E-state index contributed by atoms with van der Waals surface area (Å²) >= 11 is 0. The molecule has 0 aliphatic carbocycles.